The first-order valence-corrected chi connectivity index (χ1v) is 8.94. The third-order valence-electron chi connectivity index (χ3n) is 5.59. The van der Waals surface area contributed by atoms with Crippen LogP contribution in [0.15, 0.2) is 12.1 Å². The summed E-state index contributed by atoms with van der Waals surface area (Å²) in [7, 11) is 3.29. The molecule has 0 spiro atoms. The molecule has 1 aromatic carbocycles. The van der Waals surface area contributed by atoms with E-state index in [1.54, 1.807) is 14.2 Å². The quantitative estimate of drug-likeness (QED) is 0.856. The molecule has 1 aromatic rings. The molecule has 2 aliphatic rings. The van der Waals surface area contributed by atoms with E-state index in [0.717, 1.165) is 24.3 Å². The van der Waals surface area contributed by atoms with Crippen LogP contribution in [0, 0.1) is 5.41 Å². The van der Waals surface area contributed by atoms with Crippen molar-refractivity contribution in [3.8, 4) is 11.5 Å². The van der Waals surface area contributed by atoms with E-state index in [2.05, 4.69) is 0 Å². The minimum Gasteiger partial charge on any atom is -0.493 e. The molecule has 0 bridgehead atoms. The van der Waals surface area contributed by atoms with E-state index in [1.165, 1.54) is 11.1 Å². The highest BCUT2D eigenvalue weighted by Gasteiger charge is 2.41. The van der Waals surface area contributed by atoms with Gasteiger partial charge in [-0.15, -0.1) is 12.4 Å². The van der Waals surface area contributed by atoms with Gasteiger partial charge < -0.3 is 24.8 Å². The van der Waals surface area contributed by atoms with Gasteiger partial charge in [-0.05, 0) is 48.9 Å². The summed E-state index contributed by atoms with van der Waals surface area (Å²) < 4.78 is 16.3. The van der Waals surface area contributed by atoms with Crippen LogP contribution in [0.4, 0.5) is 0 Å². The predicted molar refractivity (Wildman–Crippen MR) is 102 cm³/mol. The number of fused-ring (bicyclic) bond motifs is 1. The SMILES string of the molecule is COc1cc2c(cc1OC)CCN(C(=O)C1(CN)CCOCC1)CC2.Cl. The Kier molecular flexibility index (Phi) is 7.15. The molecular formula is C19H29ClN2O4. The molecule has 3 rings (SSSR count). The predicted octanol–water partition coefficient (Wildman–Crippen LogP) is 1.81. The van der Waals surface area contributed by atoms with E-state index in [-0.39, 0.29) is 18.3 Å². The van der Waals surface area contributed by atoms with Crippen molar-refractivity contribution < 1.29 is 19.0 Å². The normalized spacial score (nSPS) is 19.0. The maximum Gasteiger partial charge on any atom is 0.230 e. The van der Waals surface area contributed by atoms with Gasteiger partial charge in [-0.1, -0.05) is 0 Å². The van der Waals surface area contributed by atoms with Gasteiger partial charge in [0.15, 0.2) is 11.5 Å². The standard InChI is InChI=1S/C19H28N2O4.ClH/c1-23-16-11-14-3-7-21(8-4-15(14)12-17(16)24-2)18(22)19(13-20)5-9-25-10-6-19;/h11-12H,3-10,13,20H2,1-2H3;1H. The number of amides is 1. The number of hydrogen-bond acceptors (Lipinski definition) is 5. The van der Waals surface area contributed by atoms with Crippen molar-refractivity contribution in [3.05, 3.63) is 23.3 Å². The summed E-state index contributed by atoms with van der Waals surface area (Å²) in [6.07, 6.45) is 3.07. The van der Waals surface area contributed by atoms with Crippen LogP contribution in [-0.2, 0) is 22.4 Å². The smallest absolute Gasteiger partial charge is 0.230 e. The summed E-state index contributed by atoms with van der Waals surface area (Å²) in [6, 6.07) is 4.07. The number of hydrogen-bond donors (Lipinski definition) is 1. The number of methoxy groups -OCH3 is 2. The van der Waals surface area contributed by atoms with Gasteiger partial charge in [0.05, 0.1) is 19.6 Å². The summed E-state index contributed by atoms with van der Waals surface area (Å²) in [5.41, 5.74) is 8.00. The lowest BCUT2D eigenvalue weighted by Crippen LogP contribution is -2.51. The highest BCUT2D eigenvalue weighted by Crippen LogP contribution is 2.35. The van der Waals surface area contributed by atoms with E-state index >= 15 is 0 Å². The van der Waals surface area contributed by atoms with Gasteiger partial charge in [0.2, 0.25) is 5.91 Å². The molecule has 0 aliphatic carbocycles. The van der Waals surface area contributed by atoms with Crippen molar-refractivity contribution in [1.82, 2.24) is 4.90 Å². The molecule has 1 saturated heterocycles. The van der Waals surface area contributed by atoms with Crippen molar-refractivity contribution in [3.63, 3.8) is 0 Å². The molecular weight excluding hydrogens is 356 g/mol. The Balaban J connectivity index is 0.00000243. The Morgan fingerprint density at radius 1 is 1.12 bits per heavy atom. The minimum atomic E-state index is -0.454. The second kappa shape index (κ2) is 8.93. The van der Waals surface area contributed by atoms with Gasteiger partial charge in [-0.25, -0.2) is 0 Å². The van der Waals surface area contributed by atoms with E-state index < -0.39 is 5.41 Å². The van der Waals surface area contributed by atoms with Gasteiger partial charge in [0.25, 0.3) is 0 Å². The molecule has 2 N–H and O–H groups in total. The number of ether oxygens (including phenoxy) is 3. The summed E-state index contributed by atoms with van der Waals surface area (Å²) in [5.74, 6) is 1.66. The van der Waals surface area contributed by atoms with Crippen LogP contribution in [0.2, 0.25) is 0 Å². The average Bonchev–Trinajstić information content (AvgIpc) is 2.88. The van der Waals surface area contributed by atoms with E-state index in [4.69, 9.17) is 19.9 Å². The van der Waals surface area contributed by atoms with Crippen LogP contribution in [0.25, 0.3) is 0 Å². The molecule has 1 amide bonds. The number of carbonyl (C=O) groups excluding carboxylic acids is 1. The largest absolute Gasteiger partial charge is 0.493 e. The van der Waals surface area contributed by atoms with E-state index in [9.17, 15) is 4.79 Å². The van der Waals surface area contributed by atoms with Crippen LogP contribution in [0.3, 0.4) is 0 Å². The lowest BCUT2D eigenvalue weighted by Gasteiger charge is -2.38. The van der Waals surface area contributed by atoms with Gasteiger partial charge in [-0.3, -0.25) is 4.79 Å². The zero-order valence-corrected chi connectivity index (χ0v) is 16.4. The lowest BCUT2D eigenvalue weighted by molar-refractivity contribution is -0.147. The number of nitrogens with zero attached hydrogens (tertiary/aromatic N) is 1. The summed E-state index contributed by atoms with van der Waals surface area (Å²) in [5, 5.41) is 0. The van der Waals surface area contributed by atoms with Gasteiger partial charge >= 0.3 is 0 Å². The van der Waals surface area contributed by atoms with Gasteiger partial charge in [0.1, 0.15) is 0 Å². The topological polar surface area (TPSA) is 74.0 Å². The van der Waals surface area contributed by atoms with E-state index in [1.807, 2.05) is 17.0 Å². The lowest BCUT2D eigenvalue weighted by atomic mass is 9.79. The Hall–Kier alpha value is -1.50. The summed E-state index contributed by atoms with van der Waals surface area (Å²) in [6.45, 7) is 3.05. The Morgan fingerprint density at radius 3 is 2.04 bits per heavy atom. The van der Waals surface area contributed by atoms with Crippen LogP contribution in [0.1, 0.15) is 24.0 Å². The second-order valence-electron chi connectivity index (χ2n) is 6.86. The van der Waals surface area contributed by atoms with Crippen LogP contribution >= 0.6 is 12.4 Å². The first kappa shape index (κ1) is 20.8. The molecule has 7 heteroatoms. The van der Waals surface area contributed by atoms with Gasteiger partial charge in [0, 0.05) is 32.8 Å². The van der Waals surface area contributed by atoms with Crippen molar-refractivity contribution >= 4 is 18.3 Å². The molecule has 6 nitrogen and oxygen atoms in total. The fourth-order valence-electron chi connectivity index (χ4n) is 3.86. The molecule has 0 radical (unpaired) electrons. The second-order valence-corrected chi connectivity index (χ2v) is 6.86. The molecule has 0 aromatic heterocycles. The summed E-state index contributed by atoms with van der Waals surface area (Å²) >= 11 is 0. The number of rotatable bonds is 4. The number of benzene rings is 1. The Bertz CT molecular complexity index is 597. The molecule has 2 aliphatic heterocycles. The van der Waals surface area contributed by atoms with Gasteiger partial charge in [-0.2, -0.15) is 0 Å². The third kappa shape index (κ3) is 3.92. The van der Waals surface area contributed by atoms with Crippen LogP contribution in [0.5, 0.6) is 11.5 Å². The first-order chi connectivity index (χ1) is 12.1. The Labute approximate surface area is 161 Å². The number of halogens is 1. The fourth-order valence-corrected chi connectivity index (χ4v) is 3.86. The van der Waals surface area contributed by atoms with Crippen LogP contribution < -0.4 is 15.2 Å². The Morgan fingerprint density at radius 2 is 1.62 bits per heavy atom. The van der Waals surface area contributed by atoms with Crippen molar-refractivity contribution in [2.24, 2.45) is 11.1 Å². The highest BCUT2D eigenvalue weighted by atomic mass is 35.5. The molecule has 0 unspecified atom stereocenters. The van der Waals surface area contributed by atoms with Crippen LogP contribution in [-0.4, -0.2) is 57.9 Å². The average molecular weight is 385 g/mol. The maximum absolute atomic E-state index is 13.2. The maximum atomic E-state index is 13.2. The highest BCUT2D eigenvalue weighted by molar-refractivity contribution is 5.85. The zero-order valence-electron chi connectivity index (χ0n) is 15.6. The van der Waals surface area contributed by atoms with Crippen molar-refractivity contribution in [2.75, 3.05) is 47.1 Å². The molecule has 26 heavy (non-hydrogen) atoms. The summed E-state index contributed by atoms with van der Waals surface area (Å²) in [4.78, 5) is 15.2. The molecule has 2 heterocycles. The fraction of sp³-hybridized carbons (Fsp3) is 0.632. The molecule has 1 fully saturated rings. The molecule has 0 saturated carbocycles. The van der Waals surface area contributed by atoms with E-state index in [0.29, 0.717) is 45.7 Å². The monoisotopic (exact) mass is 384 g/mol. The molecule has 146 valence electrons. The first-order valence-electron chi connectivity index (χ1n) is 8.94. The third-order valence-corrected chi connectivity index (χ3v) is 5.59. The van der Waals surface area contributed by atoms with Crippen molar-refractivity contribution in [2.45, 2.75) is 25.7 Å². The zero-order chi connectivity index (χ0) is 17.9. The minimum absolute atomic E-state index is 0. The van der Waals surface area contributed by atoms with Crippen molar-refractivity contribution in [1.29, 1.82) is 0 Å². The molecule has 0 atom stereocenters. The number of carbonyl (C=O) groups is 1. The number of nitrogens with two attached hydrogens (primary N) is 1.